The third-order valence-electron chi connectivity index (χ3n) is 2.69. The van der Waals surface area contributed by atoms with Crippen molar-refractivity contribution in [1.82, 2.24) is 15.0 Å². The van der Waals surface area contributed by atoms with Gasteiger partial charge in [-0.15, -0.1) is 0 Å². The molecule has 1 saturated carbocycles. The second kappa shape index (κ2) is 3.10. The van der Waals surface area contributed by atoms with E-state index in [-0.39, 0.29) is 0 Å². The standard InChI is InChI=1S/C9H15N3O/c1-12-10-7-8(11-12)6-9(13)4-2-3-5-9/h7,13H,2-6H2,1H3. The van der Waals surface area contributed by atoms with Crippen LogP contribution in [0.4, 0.5) is 0 Å². The summed E-state index contributed by atoms with van der Waals surface area (Å²) in [4.78, 5) is 1.54. The minimum Gasteiger partial charge on any atom is -0.389 e. The van der Waals surface area contributed by atoms with Crippen LogP contribution in [-0.2, 0) is 13.5 Å². The third kappa shape index (κ3) is 1.88. The van der Waals surface area contributed by atoms with Crippen LogP contribution in [0.2, 0.25) is 0 Å². The van der Waals surface area contributed by atoms with Crippen LogP contribution in [0.15, 0.2) is 6.20 Å². The second-order valence-corrected chi connectivity index (χ2v) is 3.93. The highest BCUT2D eigenvalue weighted by Crippen LogP contribution is 2.31. The lowest BCUT2D eigenvalue weighted by Gasteiger charge is -2.19. The van der Waals surface area contributed by atoms with Gasteiger partial charge in [0.1, 0.15) is 0 Å². The van der Waals surface area contributed by atoms with E-state index in [0.717, 1.165) is 31.4 Å². The Morgan fingerprint density at radius 1 is 1.54 bits per heavy atom. The van der Waals surface area contributed by atoms with E-state index in [2.05, 4.69) is 10.2 Å². The summed E-state index contributed by atoms with van der Waals surface area (Å²) in [5, 5.41) is 18.2. The number of hydrogen-bond donors (Lipinski definition) is 1. The number of aliphatic hydroxyl groups is 1. The van der Waals surface area contributed by atoms with E-state index in [1.165, 1.54) is 4.80 Å². The van der Waals surface area contributed by atoms with E-state index in [1.807, 2.05) is 0 Å². The maximum absolute atomic E-state index is 10.1. The number of nitrogens with zero attached hydrogens (tertiary/aromatic N) is 3. The quantitative estimate of drug-likeness (QED) is 0.729. The van der Waals surface area contributed by atoms with Crippen molar-refractivity contribution >= 4 is 0 Å². The largest absolute Gasteiger partial charge is 0.389 e. The molecule has 1 heterocycles. The number of aromatic nitrogens is 3. The summed E-state index contributed by atoms with van der Waals surface area (Å²) in [5.74, 6) is 0. The van der Waals surface area contributed by atoms with Gasteiger partial charge in [0, 0.05) is 13.5 Å². The highest BCUT2D eigenvalue weighted by atomic mass is 16.3. The molecule has 0 spiro atoms. The van der Waals surface area contributed by atoms with Crippen LogP contribution in [0, 0.1) is 0 Å². The Morgan fingerprint density at radius 2 is 2.23 bits per heavy atom. The zero-order valence-electron chi connectivity index (χ0n) is 7.90. The highest BCUT2D eigenvalue weighted by molar-refractivity contribution is 5.00. The lowest BCUT2D eigenvalue weighted by molar-refractivity contribution is 0.0471. The Kier molecular flexibility index (Phi) is 2.07. The van der Waals surface area contributed by atoms with Gasteiger partial charge in [-0.25, -0.2) is 0 Å². The molecule has 2 rings (SSSR count). The Morgan fingerprint density at radius 3 is 2.77 bits per heavy atom. The molecule has 1 aromatic heterocycles. The van der Waals surface area contributed by atoms with Gasteiger partial charge in [0.05, 0.1) is 17.5 Å². The Balaban J connectivity index is 2.04. The van der Waals surface area contributed by atoms with Crippen LogP contribution < -0.4 is 0 Å². The minimum absolute atomic E-state index is 0.504. The summed E-state index contributed by atoms with van der Waals surface area (Å²) in [7, 11) is 1.79. The van der Waals surface area contributed by atoms with Crippen LogP contribution in [0.25, 0.3) is 0 Å². The average molecular weight is 181 g/mol. The van der Waals surface area contributed by atoms with Crippen LogP contribution >= 0.6 is 0 Å². The number of rotatable bonds is 2. The first-order valence-electron chi connectivity index (χ1n) is 4.76. The smallest absolute Gasteiger partial charge is 0.0855 e. The number of hydrogen-bond acceptors (Lipinski definition) is 3. The molecule has 1 aromatic rings. The predicted molar refractivity (Wildman–Crippen MR) is 48.1 cm³/mol. The molecule has 4 nitrogen and oxygen atoms in total. The molecule has 0 bridgehead atoms. The van der Waals surface area contributed by atoms with Crippen molar-refractivity contribution in [3.05, 3.63) is 11.9 Å². The van der Waals surface area contributed by atoms with Crippen molar-refractivity contribution < 1.29 is 5.11 Å². The van der Waals surface area contributed by atoms with Crippen molar-refractivity contribution in [1.29, 1.82) is 0 Å². The topological polar surface area (TPSA) is 50.9 Å². The molecule has 0 saturated heterocycles. The van der Waals surface area contributed by atoms with Gasteiger partial charge in [-0.1, -0.05) is 12.8 Å². The summed E-state index contributed by atoms with van der Waals surface area (Å²) < 4.78 is 0. The third-order valence-corrected chi connectivity index (χ3v) is 2.69. The molecule has 1 aliphatic rings. The fourth-order valence-electron chi connectivity index (χ4n) is 2.02. The SMILES string of the molecule is Cn1ncc(CC2(O)CCCC2)n1. The number of aryl methyl sites for hydroxylation is 1. The molecule has 0 aromatic carbocycles. The van der Waals surface area contributed by atoms with Gasteiger partial charge in [0.2, 0.25) is 0 Å². The molecule has 72 valence electrons. The van der Waals surface area contributed by atoms with Crippen LogP contribution in [0.3, 0.4) is 0 Å². The zero-order valence-corrected chi connectivity index (χ0v) is 7.90. The van der Waals surface area contributed by atoms with Crippen LogP contribution in [0.1, 0.15) is 31.4 Å². The van der Waals surface area contributed by atoms with E-state index < -0.39 is 5.60 Å². The molecule has 13 heavy (non-hydrogen) atoms. The van der Waals surface area contributed by atoms with Gasteiger partial charge in [0.15, 0.2) is 0 Å². The van der Waals surface area contributed by atoms with Gasteiger partial charge in [0.25, 0.3) is 0 Å². The van der Waals surface area contributed by atoms with Crippen LogP contribution in [0.5, 0.6) is 0 Å². The summed E-state index contributed by atoms with van der Waals surface area (Å²) in [6.45, 7) is 0. The van der Waals surface area contributed by atoms with E-state index >= 15 is 0 Å². The molecular formula is C9H15N3O. The van der Waals surface area contributed by atoms with Crippen molar-refractivity contribution in [3.63, 3.8) is 0 Å². The molecule has 0 aliphatic heterocycles. The molecule has 1 aliphatic carbocycles. The van der Waals surface area contributed by atoms with Gasteiger partial charge in [-0.2, -0.15) is 15.0 Å². The molecular weight excluding hydrogens is 166 g/mol. The summed E-state index contributed by atoms with van der Waals surface area (Å²) in [6, 6.07) is 0. The van der Waals surface area contributed by atoms with Gasteiger partial charge in [-0.3, -0.25) is 0 Å². The predicted octanol–water partition coefficient (Wildman–Crippen LogP) is 0.663. The van der Waals surface area contributed by atoms with Gasteiger partial charge < -0.3 is 5.11 Å². The van der Waals surface area contributed by atoms with Gasteiger partial charge in [-0.05, 0) is 12.8 Å². The zero-order chi connectivity index (χ0) is 9.31. The summed E-state index contributed by atoms with van der Waals surface area (Å²) in [5.41, 5.74) is 0.391. The first-order chi connectivity index (χ1) is 6.18. The average Bonchev–Trinajstić information content (AvgIpc) is 2.62. The first kappa shape index (κ1) is 8.69. The molecule has 1 fully saturated rings. The summed E-state index contributed by atoms with van der Waals surface area (Å²) in [6.07, 6.45) is 6.47. The molecule has 0 atom stereocenters. The molecule has 0 amide bonds. The van der Waals surface area contributed by atoms with Crippen molar-refractivity contribution in [2.24, 2.45) is 7.05 Å². The fourth-order valence-corrected chi connectivity index (χ4v) is 2.02. The Hall–Kier alpha value is -0.900. The lowest BCUT2D eigenvalue weighted by atomic mass is 9.96. The van der Waals surface area contributed by atoms with E-state index in [1.54, 1.807) is 13.2 Å². The minimum atomic E-state index is -0.504. The lowest BCUT2D eigenvalue weighted by Crippen LogP contribution is -2.27. The maximum Gasteiger partial charge on any atom is 0.0855 e. The fraction of sp³-hybridized carbons (Fsp3) is 0.778. The van der Waals surface area contributed by atoms with E-state index in [4.69, 9.17) is 0 Å². The van der Waals surface area contributed by atoms with E-state index in [9.17, 15) is 5.11 Å². The normalized spacial score (nSPS) is 20.8. The Labute approximate surface area is 77.6 Å². The maximum atomic E-state index is 10.1. The first-order valence-corrected chi connectivity index (χ1v) is 4.76. The molecule has 0 unspecified atom stereocenters. The van der Waals surface area contributed by atoms with Crippen molar-refractivity contribution in [2.45, 2.75) is 37.7 Å². The molecule has 0 radical (unpaired) electrons. The van der Waals surface area contributed by atoms with E-state index in [0.29, 0.717) is 6.42 Å². The van der Waals surface area contributed by atoms with Crippen molar-refractivity contribution in [3.8, 4) is 0 Å². The Bertz CT molecular complexity index is 289. The monoisotopic (exact) mass is 181 g/mol. The van der Waals surface area contributed by atoms with Crippen LogP contribution in [-0.4, -0.2) is 25.7 Å². The van der Waals surface area contributed by atoms with Gasteiger partial charge >= 0.3 is 0 Å². The molecule has 4 heteroatoms. The molecule has 1 N–H and O–H groups in total. The van der Waals surface area contributed by atoms with Crippen molar-refractivity contribution in [2.75, 3.05) is 0 Å². The summed E-state index contributed by atoms with van der Waals surface area (Å²) >= 11 is 0. The second-order valence-electron chi connectivity index (χ2n) is 3.93. The highest BCUT2D eigenvalue weighted by Gasteiger charge is 2.31.